The molecular formula is C24H26N2O4. The maximum atomic E-state index is 12.3. The molecule has 0 aliphatic heterocycles. The van der Waals surface area contributed by atoms with Gasteiger partial charge in [0.2, 0.25) is 5.78 Å². The zero-order chi connectivity index (χ0) is 21.3. The smallest absolute Gasteiger partial charge is 0.206 e. The van der Waals surface area contributed by atoms with E-state index in [0.29, 0.717) is 36.2 Å². The fourth-order valence-electron chi connectivity index (χ4n) is 2.94. The first kappa shape index (κ1) is 21.2. The van der Waals surface area contributed by atoms with Gasteiger partial charge >= 0.3 is 0 Å². The van der Waals surface area contributed by atoms with Gasteiger partial charge in [0, 0.05) is 18.3 Å². The number of hydrogen-bond acceptors (Lipinski definition) is 5. The van der Waals surface area contributed by atoms with Crippen molar-refractivity contribution in [3.05, 3.63) is 77.6 Å². The highest BCUT2D eigenvalue weighted by Gasteiger charge is 2.09. The Morgan fingerprint density at radius 1 is 1.03 bits per heavy atom. The van der Waals surface area contributed by atoms with E-state index >= 15 is 0 Å². The van der Waals surface area contributed by atoms with Crippen LogP contribution in [0, 0.1) is 0 Å². The summed E-state index contributed by atoms with van der Waals surface area (Å²) in [6.45, 7) is 5.51. The molecule has 0 unspecified atom stereocenters. The van der Waals surface area contributed by atoms with Gasteiger partial charge in [-0.05, 0) is 55.8 Å². The number of ketones is 1. The summed E-state index contributed by atoms with van der Waals surface area (Å²) in [7, 11) is 1.62. The van der Waals surface area contributed by atoms with Crippen molar-refractivity contribution in [2.24, 2.45) is 0 Å². The number of ether oxygens (including phenoxy) is 3. The molecule has 3 rings (SSSR count). The van der Waals surface area contributed by atoms with Gasteiger partial charge < -0.3 is 14.2 Å². The van der Waals surface area contributed by atoms with Crippen LogP contribution >= 0.6 is 0 Å². The zero-order valence-corrected chi connectivity index (χ0v) is 17.5. The normalized spacial score (nSPS) is 10.9. The van der Waals surface area contributed by atoms with E-state index in [9.17, 15) is 4.79 Å². The van der Waals surface area contributed by atoms with Crippen LogP contribution in [0.25, 0.3) is 6.08 Å². The van der Waals surface area contributed by atoms with Crippen LogP contribution in [0.2, 0.25) is 0 Å². The van der Waals surface area contributed by atoms with E-state index in [2.05, 4.69) is 5.10 Å². The van der Waals surface area contributed by atoms with Gasteiger partial charge in [0.1, 0.15) is 18.1 Å². The lowest BCUT2D eigenvalue weighted by atomic mass is 10.1. The second-order valence-corrected chi connectivity index (χ2v) is 6.49. The van der Waals surface area contributed by atoms with E-state index < -0.39 is 0 Å². The van der Waals surface area contributed by atoms with Crippen LogP contribution in [-0.2, 0) is 13.2 Å². The van der Waals surface area contributed by atoms with Crippen molar-refractivity contribution in [3.63, 3.8) is 0 Å². The number of para-hydroxylation sites is 2. The molecule has 0 atom stereocenters. The molecule has 0 spiro atoms. The van der Waals surface area contributed by atoms with Crippen LogP contribution in [0.5, 0.6) is 17.2 Å². The Bertz CT molecular complexity index is 1020. The summed E-state index contributed by atoms with van der Waals surface area (Å²) in [5.74, 6) is 1.95. The lowest BCUT2D eigenvalue weighted by Crippen LogP contribution is -2.02. The van der Waals surface area contributed by atoms with Gasteiger partial charge in [-0.1, -0.05) is 24.3 Å². The van der Waals surface area contributed by atoms with Gasteiger partial charge in [0.15, 0.2) is 11.5 Å². The highest BCUT2D eigenvalue weighted by Crippen LogP contribution is 2.29. The van der Waals surface area contributed by atoms with E-state index in [1.54, 1.807) is 30.1 Å². The summed E-state index contributed by atoms with van der Waals surface area (Å²) < 4.78 is 18.8. The molecule has 3 aromatic rings. The second-order valence-electron chi connectivity index (χ2n) is 6.49. The molecule has 0 saturated carbocycles. The molecule has 2 aromatic carbocycles. The van der Waals surface area contributed by atoms with Crippen LogP contribution in [0.1, 0.15) is 35.5 Å². The summed E-state index contributed by atoms with van der Waals surface area (Å²) in [5.41, 5.74) is 2.17. The number of carbonyl (C=O) groups excluding carboxylic acids is 1. The molecule has 0 N–H and O–H groups in total. The monoisotopic (exact) mass is 406 g/mol. The van der Waals surface area contributed by atoms with Crippen LogP contribution in [0.3, 0.4) is 0 Å². The Morgan fingerprint density at radius 2 is 1.80 bits per heavy atom. The van der Waals surface area contributed by atoms with E-state index in [0.717, 1.165) is 17.7 Å². The first-order valence-corrected chi connectivity index (χ1v) is 9.92. The van der Waals surface area contributed by atoms with Crippen molar-refractivity contribution in [1.29, 1.82) is 0 Å². The Hall–Kier alpha value is -3.54. The summed E-state index contributed by atoms with van der Waals surface area (Å²) in [6, 6.07) is 15.0. The number of nitrogens with zero attached hydrogens (tertiary/aromatic N) is 2. The maximum Gasteiger partial charge on any atom is 0.206 e. The number of aryl methyl sites for hydroxylation is 1. The average Bonchev–Trinajstić information content (AvgIpc) is 3.26. The molecule has 6 heteroatoms. The highest BCUT2D eigenvalue weighted by molar-refractivity contribution is 6.05. The quantitative estimate of drug-likeness (QED) is 0.358. The Morgan fingerprint density at radius 3 is 2.47 bits per heavy atom. The molecule has 156 valence electrons. The van der Waals surface area contributed by atoms with Crippen LogP contribution in [0.4, 0.5) is 0 Å². The Balaban J connectivity index is 1.74. The second kappa shape index (κ2) is 10.3. The molecule has 1 aromatic heterocycles. The molecule has 0 aliphatic carbocycles. The van der Waals surface area contributed by atoms with Gasteiger partial charge in [0.25, 0.3) is 0 Å². The summed E-state index contributed by atoms with van der Waals surface area (Å²) in [5, 5.41) is 4.24. The zero-order valence-electron chi connectivity index (χ0n) is 17.5. The first-order chi connectivity index (χ1) is 14.6. The summed E-state index contributed by atoms with van der Waals surface area (Å²) in [4.78, 5) is 12.3. The van der Waals surface area contributed by atoms with Crippen LogP contribution < -0.4 is 14.2 Å². The Kier molecular flexibility index (Phi) is 7.27. The number of carbonyl (C=O) groups is 1. The molecule has 30 heavy (non-hydrogen) atoms. The molecule has 6 nitrogen and oxygen atoms in total. The fraction of sp³-hybridized carbons (Fsp3) is 0.250. The van der Waals surface area contributed by atoms with E-state index in [1.807, 2.05) is 56.3 Å². The fourth-order valence-corrected chi connectivity index (χ4v) is 2.94. The molecule has 0 bridgehead atoms. The van der Waals surface area contributed by atoms with Crippen molar-refractivity contribution >= 4 is 11.9 Å². The van der Waals surface area contributed by atoms with Gasteiger partial charge in [-0.25, -0.2) is 0 Å². The molecule has 0 saturated heterocycles. The Labute approximate surface area is 176 Å². The largest absolute Gasteiger partial charge is 0.496 e. The highest BCUT2D eigenvalue weighted by atomic mass is 16.5. The van der Waals surface area contributed by atoms with Gasteiger partial charge in [0.05, 0.1) is 13.7 Å². The molecular weight excluding hydrogens is 380 g/mol. The predicted octanol–water partition coefficient (Wildman–Crippen LogP) is 4.79. The van der Waals surface area contributed by atoms with Crippen LogP contribution in [0.15, 0.2) is 60.8 Å². The molecule has 1 heterocycles. The van der Waals surface area contributed by atoms with Crippen LogP contribution in [-0.4, -0.2) is 29.3 Å². The van der Waals surface area contributed by atoms with E-state index in [-0.39, 0.29) is 5.78 Å². The first-order valence-electron chi connectivity index (χ1n) is 9.92. The lowest BCUT2D eigenvalue weighted by molar-refractivity contribution is 0.104. The lowest BCUT2D eigenvalue weighted by Gasteiger charge is -2.14. The average molecular weight is 406 g/mol. The van der Waals surface area contributed by atoms with Gasteiger partial charge in [-0.3, -0.25) is 9.48 Å². The van der Waals surface area contributed by atoms with Gasteiger partial charge in [-0.15, -0.1) is 0 Å². The summed E-state index contributed by atoms with van der Waals surface area (Å²) >= 11 is 0. The standard InChI is InChI=1S/C24H26N2O4/c1-4-26-15-14-20(25-26)21(27)12-10-18-11-13-22(28-3)19(16-18)17-30-24-9-7-6-8-23(24)29-5-2/h6-16H,4-5,17H2,1-3H3/b12-10+. The third kappa shape index (κ3) is 5.29. The number of methoxy groups -OCH3 is 1. The SMILES string of the molecule is CCOc1ccccc1OCc1cc(/C=C/C(=O)c2ccn(CC)n2)ccc1OC. The summed E-state index contributed by atoms with van der Waals surface area (Å²) in [6.07, 6.45) is 5.09. The third-order valence-electron chi connectivity index (χ3n) is 4.48. The van der Waals surface area contributed by atoms with Crippen molar-refractivity contribution in [2.45, 2.75) is 27.0 Å². The van der Waals surface area contributed by atoms with Gasteiger partial charge in [-0.2, -0.15) is 5.10 Å². The van der Waals surface area contributed by atoms with Crippen molar-refractivity contribution < 1.29 is 19.0 Å². The van der Waals surface area contributed by atoms with Crippen molar-refractivity contribution in [1.82, 2.24) is 9.78 Å². The minimum absolute atomic E-state index is 0.138. The third-order valence-corrected chi connectivity index (χ3v) is 4.48. The molecule has 0 amide bonds. The molecule has 0 radical (unpaired) electrons. The number of benzene rings is 2. The minimum Gasteiger partial charge on any atom is -0.496 e. The molecule has 0 aliphatic rings. The van der Waals surface area contributed by atoms with E-state index in [1.165, 1.54) is 6.08 Å². The number of aromatic nitrogens is 2. The maximum absolute atomic E-state index is 12.3. The number of hydrogen-bond donors (Lipinski definition) is 0. The van der Waals surface area contributed by atoms with E-state index in [4.69, 9.17) is 14.2 Å². The predicted molar refractivity (Wildman–Crippen MR) is 116 cm³/mol. The van der Waals surface area contributed by atoms with Crippen molar-refractivity contribution in [3.8, 4) is 17.2 Å². The van der Waals surface area contributed by atoms with Crippen molar-refractivity contribution in [2.75, 3.05) is 13.7 Å². The number of allylic oxidation sites excluding steroid dienone is 1. The topological polar surface area (TPSA) is 62.6 Å². The molecule has 0 fully saturated rings. The minimum atomic E-state index is -0.138. The number of rotatable bonds is 10.